The Morgan fingerprint density at radius 3 is 2.54 bits per heavy atom. The van der Waals surface area contributed by atoms with Gasteiger partial charge in [-0.1, -0.05) is 36.4 Å². The van der Waals surface area contributed by atoms with Gasteiger partial charge in [0.15, 0.2) is 5.82 Å². The van der Waals surface area contributed by atoms with Gasteiger partial charge in [-0.25, -0.2) is 14.4 Å². The van der Waals surface area contributed by atoms with Crippen molar-refractivity contribution in [3.8, 4) is 17.1 Å². The summed E-state index contributed by atoms with van der Waals surface area (Å²) in [5.74, 6) is 0.923. The topological polar surface area (TPSA) is 58.0 Å². The van der Waals surface area contributed by atoms with Gasteiger partial charge in [-0.15, -0.1) is 0 Å². The molecule has 26 heavy (non-hydrogen) atoms. The van der Waals surface area contributed by atoms with Crippen molar-refractivity contribution in [2.45, 2.75) is 6.54 Å². The smallest absolute Gasteiger partial charge is 0.165 e. The molecule has 3 aromatic carbocycles. The molecule has 0 unspecified atom stereocenters. The molecule has 0 saturated heterocycles. The van der Waals surface area contributed by atoms with Crippen LogP contribution in [0.15, 0.2) is 72.8 Å². The van der Waals surface area contributed by atoms with Crippen molar-refractivity contribution < 1.29 is 9.50 Å². The first-order valence-electron chi connectivity index (χ1n) is 8.24. The van der Waals surface area contributed by atoms with Gasteiger partial charge in [0.05, 0.1) is 11.1 Å². The minimum Gasteiger partial charge on any atom is -0.507 e. The zero-order valence-electron chi connectivity index (χ0n) is 13.9. The molecule has 0 saturated carbocycles. The quantitative estimate of drug-likeness (QED) is 0.560. The average molecular weight is 345 g/mol. The van der Waals surface area contributed by atoms with E-state index in [0.717, 1.165) is 16.5 Å². The number of anilines is 1. The number of nitrogens with zero attached hydrogens (tertiary/aromatic N) is 2. The number of fused-ring (bicyclic) bond motifs is 1. The second kappa shape index (κ2) is 6.80. The Kier molecular flexibility index (Phi) is 4.19. The monoisotopic (exact) mass is 345 g/mol. The fourth-order valence-corrected chi connectivity index (χ4v) is 2.83. The van der Waals surface area contributed by atoms with Gasteiger partial charge in [-0.3, -0.25) is 0 Å². The lowest BCUT2D eigenvalue weighted by atomic mass is 10.1. The van der Waals surface area contributed by atoms with Crippen LogP contribution in [-0.4, -0.2) is 15.1 Å². The van der Waals surface area contributed by atoms with E-state index in [1.54, 1.807) is 24.3 Å². The van der Waals surface area contributed by atoms with Crippen LogP contribution in [0.25, 0.3) is 22.3 Å². The molecule has 4 aromatic rings. The largest absolute Gasteiger partial charge is 0.507 e. The normalized spacial score (nSPS) is 10.8. The number of hydrogen-bond donors (Lipinski definition) is 2. The molecule has 0 aliphatic rings. The Bertz CT molecular complexity index is 1080. The minimum atomic E-state index is -0.272. The Balaban J connectivity index is 1.76. The Morgan fingerprint density at radius 2 is 1.69 bits per heavy atom. The summed E-state index contributed by atoms with van der Waals surface area (Å²) in [5.41, 5.74) is 2.14. The second-order valence-corrected chi connectivity index (χ2v) is 5.91. The summed E-state index contributed by atoms with van der Waals surface area (Å²) in [7, 11) is 0. The van der Waals surface area contributed by atoms with E-state index in [2.05, 4.69) is 15.3 Å². The van der Waals surface area contributed by atoms with E-state index in [4.69, 9.17) is 0 Å². The summed E-state index contributed by atoms with van der Waals surface area (Å²) < 4.78 is 13.4. The summed E-state index contributed by atoms with van der Waals surface area (Å²) in [4.78, 5) is 9.16. The van der Waals surface area contributed by atoms with Gasteiger partial charge in [0, 0.05) is 11.9 Å². The van der Waals surface area contributed by atoms with Crippen LogP contribution in [0.3, 0.4) is 0 Å². The first-order chi connectivity index (χ1) is 12.7. The van der Waals surface area contributed by atoms with E-state index < -0.39 is 0 Å². The van der Waals surface area contributed by atoms with Gasteiger partial charge in [0.2, 0.25) is 0 Å². The zero-order valence-corrected chi connectivity index (χ0v) is 13.9. The number of phenols is 1. The molecule has 0 radical (unpaired) electrons. The number of para-hydroxylation sites is 2. The zero-order chi connectivity index (χ0) is 17.9. The molecule has 0 aliphatic heterocycles. The van der Waals surface area contributed by atoms with Gasteiger partial charge >= 0.3 is 0 Å². The van der Waals surface area contributed by atoms with Gasteiger partial charge in [0.25, 0.3) is 0 Å². The lowest BCUT2D eigenvalue weighted by molar-refractivity contribution is 0.477. The van der Waals surface area contributed by atoms with Crippen LogP contribution in [0, 0.1) is 5.82 Å². The van der Waals surface area contributed by atoms with Crippen LogP contribution in [-0.2, 0) is 6.54 Å². The SMILES string of the molecule is Oc1ccccc1-c1nc(NCc2cccc(F)c2)c2ccccc2n1. The van der Waals surface area contributed by atoms with Crippen molar-refractivity contribution in [1.29, 1.82) is 0 Å². The molecular weight excluding hydrogens is 329 g/mol. The number of hydrogen-bond acceptors (Lipinski definition) is 4. The highest BCUT2D eigenvalue weighted by atomic mass is 19.1. The number of benzene rings is 3. The van der Waals surface area contributed by atoms with Gasteiger partial charge < -0.3 is 10.4 Å². The first kappa shape index (κ1) is 16.0. The third-order valence-electron chi connectivity index (χ3n) is 4.10. The number of phenolic OH excluding ortho intramolecular Hbond substituents is 1. The number of nitrogens with one attached hydrogen (secondary N) is 1. The Labute approximate surface area is 150 Å². The molecule has 128 valence electrons. The van der Waals surface area contributed by atoms with Crippen LogP contribution in [0.4, 0.5) is 10.2 Å². The van der Waals surface area contributed by atoms with E-state index >= 15 is 0 Å². The minimum absolute atomic E-state index is 0.124. The molecule has 0 amide bonds. The molecule has 2 N–H and O–H groups in total. The molecule has 0 atom stereocenters. The Morgan fingerprint density at radius 1 is 0.885 bits per heavy atom. The fraction of sp³-hybridized carbons (Fsp3) is 0.0476. The molecule has 0 fully saturated rings. The highest BCUT2D eigenvalue weighted by molar-refractivity contribution is 5.90. The molecule has 5 heteroatoms. The maximum atomic E-state index is 13.4. The van der Waals surface area contributed by atoms with Crippen LogP contribution >= 0.6 is 0 Å². The average Bonchev–Trinajstić information content (AvgIpc) is 2.66. The summed E-state index contributed by atoms with van der Waals surface area (Å²) >= 11 is 0. The lowest BCUT2D eigenvalue weighted by Gasteiger charge is -2.12. The van der Waals surface area contributed by atoms with E-state index in [1.807, 2.05) is 36.4 Å². The fourth-order valence-electron chi connectivity index (χ4n) is 2.83. The summed E-state index contributed by atoms with van der Waals surface area (Å²) in [6.07, 6.45) is 0. The first-order valence-corrected chi connectivity index (χ1v) is 8.24. The van der Waals surface area contributed by atoms with Gasteiger partial charge in [0.1, 0.15) is 17.4 Å². The molecule has 0 spiro atoms. The number of halogens is 1. The van der Waals surface area contributed by atoms with Crippen molar-refractivity contribution in [3.63, 3.8) is 0 Å². The van der Waals surface area contributed by atoms with Crippen LogP contribution < -0.4 is 5.32 Å². The number of aromatic nitrogens is 2. The van der Waals surface area contributed by atoms with Crippen LogP contribution in [0.5, 0.6) is 5.75 Å². The van der Waals surface area contributed by atoms with Crippen LogP contribution in [0.1, 0.15) is 5.56 Å². The Hall–Kier alpha value is -3.47. The van der Waals surface area contributed by atoms with Crippen molar-refractivity contribution in [2.24, 2.45) is 0 Å². The highest BCUT2D eigenvalue weighted by Crippen LogP contribution is 2.30. The standard InChI is InChI=1S/C21H16FN3O/c22-15-7-5-6-14(12-15)13-23-20-16-8-1-3-10-18(16)24-21(25-20)17-9-2-4-11-19(17)26/h1-12,26H,13H2,(H,23,24,25). The lowest BCUT2D eigenvalue weighted by Crippen LogP contribution is -2.04. The van der Waals surface area contributed by atoms with E-state index in [0.29, 0.717) is 23.8 Å². The maximum Gasteiger partial charge on any atom is 0.165 e. The van der Waals surface area contributed by atoms with Gasteiger partial charge in [-0.2, -0.15) is 0 Å². The molecule has 1 aromatic heterocycles. The molecule has 1 heterocycles. The molecule has 4 rings (SSSR count). The molecule has 0 bridgehead atoms. The third-order valence-corrected chi connectivity index (χ3v) is 4.10. The van der Waals surface area contributed by atoms with Crippen LogP contribution in [0.2, 0.25) is 0 Å². The summed E-state index contributed by atoms with van der Waals surface area (Å²) in [5, 5.41) is 14.2. The predicted octanol–water partition coefficient (Wildman–Crippen LogP) is 4.75. The van der Waals surface area contributed by atoms with E-state index in [-0.39, 0.29) is 11.6 Å². The van der Waals surface area contributed by atoms with Gasteiger partial charge in [-0.05, 0) is 42.0 Å². The summed E-state index contributed by atoms with van der Waals surface area (Å²) in [6.45, 7) is 0.430. The predicted molar refractivity (Wildman–Crippen MR) is 100 cm³/mol. The van der Waals surface area contributed by atoms with E-state index in [9.17, 15) is 9.50 Å². The van der Waals surface area contributed by atoms with E-state index in [1.165, 1.54) is 12.1 Å². The maximum absolute atomic E-state index is 13.4. The van der Waals surface area contributed by atoms with Crippen molar-refractivity contribution in [1.82, 2.24) is 9.97 Å². The van der Waals surface area contributed by atoms with Crippen molar-refractivity contribution in [2.75, 3.05) is 5.32 Å². The molecular formula is C21H16FN3O. The highest BCUT2D eigenvalue weighted by Gasteiger charge is 2.12. The van der Waals surface area contributed by atoms with Crippen molar-refractivity contribution in [3.05, 3.63) is 84.2 Å². The molecule has 0 aliphatic carbocycles. The summed E-state index contributed by atoms with van der Waals surface area (Å²) in [6, 6.07) is 21.0. The third kappa shape index (κ3) is 3.19. The number of aromatic hydroxyl groups is 1. The molecule has 4 nitrogen and oxygen atoms in total. The van der Waals surface area contributed by atoms with Crippen molar-refractivity contribution >= 4 is 16.7 Å². The second-order valence-electron chi connectivity index (χ2n) is 5.91. The number of rotatable bonds is 4.